The second kappa shape index (κ2) is 7.88. The van der Waals surface area contributed by atoms with Gasteiger partial charge in [-0.3, -0.25) is 4.79 Å². The summed E-state index contributed by atoms with van der Waals surface area (Å²) >= 11 is 0. The van der Waals surface area contributed by atoms with Crippen LogP contribution < -0.4 is 0 Å². The first-order valence-corrected chi connectivity index (χ1v) is 9.80. The van der Waals surface area contributed by atoms with Crippen molar-refractivity contribution in [2.24, 2.45) is 5.92 Å². The van der Waals surface area contributed by atoms with Crippen LogP contribution >= 0.6 is 0 Å². The normalized spacial score (nSPS) is 25.5. The molecule has 0 spiro atoms. The van der Waals surface area contributed by atoms with Crippen molar-refractivity contribution in [3.05, 3.63) is 35.4 Å². The fraction of sp³-hybridized carbons (Fsp3) is 0.667. The number of carbonyl (C=O) groups excluding carboxylic acids is 1. The summed E-state index contributed by atoms with van der Waals surface area (Å²) in [5.41, 5.74) is 1.19. The van der Waals surface area contributed by atoms with E-state index in [0.717, 1.165) is 37.1 Å². The van der Waals surface area contributed by atoms with E-state index >= 15 is 0 Å². The Labute approximate surface area is 151 Å². The van der Waals surface area contributed by atoms with Gasteiger partial charge in [0, 0.05) is 13.0 Å². The fourth-order valence-corrected chi connectivity index (χ4v) is 4.43. The van der Waals surface area contributed by atoms with E-state index in [4.69, 9.17) is 0 Å². The lowest BCUT2D eigenvalue weighted by atomic mass is 9.89. The molecule has 2 saturated heterocycles. The molecule has 0 radical (unpaired) electrons. The van der Waals surface area contributed by atoms with Crippen molar-refractivity contribution in [1.29, 1.82) is 0 Å². The van der Waals surface area contributed by atoms with E-state index in [9.17, 15) is 9.90 Å². The Bertz CT molecular complexity index is 595. The summed E-state index contributed by atoms with van der Waals surface area (Å²) in [7, 11) is 0. The number of nitrogens with zero attached hydrogens (tertiary/aromatic N) is 2. The lowest BCUT2D eigenvalue weighted by Gasteiger charge is -2.32. The quantitative estimate of drug-likeness (QED) is 0.893. The smallest absolute Gasteiger partial charge is 0.222 e. The van der Waals surface area contributed by atoms with E-state index in [2.05, 4.69) is 11.8 Å². The third-order valence-corrected chi connectivity index (χ3v) is 5.96. The molecular weight excluding hydrogens is 312 g/mol. The number of hydrogen-bond donors (Lipinski definition) is 1. The second-order valence-corrected chi connectivity index (χ2v) is 7.90. The summed E-state index contributed by atoms with van der Waals surface area (Å²) in [6, 6.07) is 7.98. The second-order valence-electron chi connectivity index (χ2n) is 7.90. The van der Waals surface area contributed by atoms with Gasteiger partial charge in [-0.1, -0.05) is 31.2 Å². The van der Waals surface area contributed by atoms with E-state index in [-0.39, 0.29) is 5.91 Å². The first-order valence-electron chi connectivity index (χ1n) is 9.80. The highest BCUT2D eigenvalue weighted by Crippen LogP contribution is 2.34. The minimum absolute atomic E-state index is 0.221. The molecule has 2 aliphatic rings. The molecule has 0 aliphatic carbocycles. The van der Waals surface area contributed by atoms with Crippen molar-refractivity contribution < 1.29 is 9.90 Å². The number of aliphatic hydroxyl groups is 1. The molecule has 1 aromatic carbocycles. The minimum atomic E-state index is -0.883. The zero-order valence-corrected chi connectivity index (χ0v) is 15.7. The molecule has 0 bridgehead atoms. The molecule has 3 rings (SSSR count). The number of benzene rings is 1. The molecule has 0 aromatic heterocycles. The molecule has 1 amide bonds. The maximum atomic E-state index is 12.7. The average molecular weight is 344 g/mol. The molecule has 4 heteroatoms. The van der Waals surface area contributed by atoms with Crippen LogP contribution in [0.25, 0.3) is 0 Å². The van der Waals surface area contributed by atoms with Gasteiger partial charge in [-0.15, -0.1) is 0 Å². The molecule has 138 valence electrons. The Balaban J connectivity index is 1.54. The van der Waals surface area contributed by atoms with Crippen LogP contribution in [-0.2, 0) is 10.4 Å². The molecule has 1 unspecified atom stereocenters. The third-order valence-electron chi connectivity index (χ3n) is 5.96. The summed E-state index contributed by atoms with van der Waals surface area (Å²) in [4.78, 5) is 17.1. The van der Waals surface area contributed by atoms with E-state index in [1.165, 1.54) is 13.0 Å². The number of β-amino-alcohol motifs (C(OH)–C–C–N with tert-alkyl or cyclic N) is 1. The van der Waals surface area contributed by atoms with Crippen LogP contribution in [0.1, 0.15) is 50.2 Å². The van der Waals surface area contributed by atoms with E-state index in [1.54, 1.807) is 0 Å². The van der Waals surface area contributed by atoms with Crippen molar-refractivity contribution in [3.63, 3.8) is 0 Å². The van der Waals surface area contributed by atoms with Gasteiger partial charge >= 0.3 is 0 Å². The Morgan fingerprint density at radius 2 is 1.96 bits per heavy atom. The van der Waals surface area contributed by atoms with Gasteiger partial charge in [0.2, 0.25) is 5.91 Å². The first kappa shape index (κ1) is 18.4. The summed E-state index contributed by atoms with van der Waals surface area (Å²) in [5, 5.41) is 11.1. The molecule has 2 fully saturated rings. The topological polar surface area (TPSA) is 43.8 Å². The van der Waals surface area contributed by atoms with Crippen LogP contribution in [-0.4, -0.2) is 53.5 Å². The SMILES string of the molecule is CCCN1CCC(CC(=O)N2CCC(O)(c3ccccc3C)C2)CC1. The zero-order chi connectivity index (χ0) is 17.9. The van der Waals surface area contributed by atoms with Crippen molar-refractivity contribution in [2.75, 3.05) is 32.7 Å². The number of piperidine rings is 1. The number of aryl methyl sites for hydroxylation is 1. The minimum Gasteiger partial charge on any atom is -0.383 e. The van der Waals surface area contributed by atoms with Gasteiger partial charge in [0.25, 0.3) is 0 Å². The van der Waals surface area contributed by atoms with E-state index in [1.807, 2.05) is 36.1 Å². The van der Waals surface area contributed by atoms with Crippen LogP contribution in [0.4, 0.5) is 0 Å². The number of hydrogen-bond acceptors (Lipinski definition) is 3. The molecular formula is C21H32N2O2. The molecule has 1 N–H and O–H groups in total. The molecule has 2 aliphatic heterocycles. The van der Waals surface area contributed by atoms with Crippen LogP contribution in [0.15, 0.2) is 24.3 Å². The van der Waals surface area contributed by atoms with Gasteiger partial charge in [0.05, 0.1) is 6.54 Å². The first-order chi connectivity index (χ1) is 12.0. The third kappa shape index (κ3) is 4.24. The summed E-state index contributed by atoms with van der Waals surface area (Å²) < 4.78 is 0. The Hall–Kier alpha value is -1.39. The molecule has 2 heterocycles. The highest BCUT2D eigenvalue weighted by Gasteiger charge is 2.40. The molecule has 1 aromatic rings. The zero-order valence-electron chi connectivity index (χ0n) is 15.7. The Morgan fingerprint density at radius 3 is 2.64 bits per heavy atom. The average Bonchev–Trinajstić information content (AvgIpc) is 3.01. The van der Waals surface area contributed by atoms with Crippen molar-refractivity contribution in [2.45, 2.75) is 51.6 Å². The van der Waals surface area contributed by atoms with Crippen molar-refractivity contribution in [3.8, 4) is 0 Å². The Kier molecular flexibility index (Phi) is 5.80. The summed E-state index contributed by atoms with van der Waals surface area (Å²) in [6.45, 7) is 8.78. The van der Waals surface area contributed by atoms with Crippen molar-refractivity contribution >= 4 is 5.91 Å². The van der Waals surface area contributed by atoms with Crippen LogP contribution in [0, 0.1) is 12.8 Å². The number of likely N-dealkylation sites (tertiary alicyclic amines) is 2. The van der Waals surface area contributed by atoms with Gasteiger partial charge in [0.15, 0.2) is 0 Å². The monoisotopic (exact) mass is 344 g/mol. The van der Waals surface area contributed by atoms with Gasteiger partial charge in [0.1, 0.15) is 5.60 Å². The predicted octanol–water partition coefficient (Wildman–Crippen LogP) is 2.93. The molecule has 25 heavy (non-hydrogen) atoms. The van der Waals surface area contributed by atoms with Gasteiger partial charge < -0.3 is 14.9 Å². The standard InChI is InChI=1S/C21H32N2O2/c1-3-11-22-12-8-18(9-13-22)15-20(24)23-14-10-21(25,16-23)19-7-5-4-6-17(19)2/h4-7,18,25H,3,8-16H2,1-2H3. The predicted molar refractivity (Wildman–Crippen MR) is 100 cm³/mol. The van der Waals surface area contributed by atoms with Gasteiger partial charge in [-0.25, -0.2) is 0 Å². The van der Waals surface area contributed by atoms with Crippen LogP contribution in [0.3, 0.4) is 0 Å². The Morgan fingerprint density at radius 1 is 1.24 bits per heavy atom. The molecule has 0 saturated carbocycles. The fourth-order valence-electron chi connectivity index (χ4n) is 4.43. The number of rotatable bonds is 5. The summed E-state index contributed by atoms with van der Waals surface area (Å²) in [6.07, 6.45) is 4.74. The maximum Gasteiger partial charge on any atom is 0.222 e. The number of carbonyl (C=O) groups is 1. The highest BCUT2D eigenvalue weighted by molar-refractivity contribution is 5.77. The molecule has 1 atom stereocenters. The number of amides is 1. The lowest BCUT2D eigenvalue weighted by Crippen LogP contribution is -2.38. The van der Waals surface area contributed by atoms with Gasteiger partial charge in [-0.05, 0) is 69.3 Å². The van der Waals surface area contributed by atoms with Gasteiger partial charge in [-0.2, -0.15) is 0 Å². The van der Waals surface area contributed by atoms with E-state index < -0.39 is 5.60 Å². The van der Waals surface area contributed by atoms with Crippen molar-refractivity contribution in [1.82, 2.24) is 9.80 Å². The lowest BCUT2D eigenvalue weighted by molar-refractivity contribution is -0.132. The summed E-state index contributed by atoms with van der Waals surface area (Å²) in [5.74, 6) is 0.728. The highest BCUT2D eigenvalue weighted by atomic mass is 16.3. The molecule has 4 nitrogen and oxygen atoms in total. The largest absolute Gasteiger partial charge is 0.383 e. The maximum absolute atomic E-state index is 12.7. The van der Waals surface area contributed by atoms with E-state index in [0.29, 0.717) is 31.8 Å². The van der Waals surface area contributed by atoms with Crippen LogP contribution in [0.5, 0.6) is 0 Å². The van der Waals surface area contributed by atoms with Crippen LogP contribution in [0.2, 0.25) is 0 Å².